The Morgan fingerprint density at radius 2 is 2.25 bits per heavy atom. The molecular formula is C15H23N3O2. The van der Waals surface area contributed by atoms with Gasteiger partial charge in [0.25, 0.3) is 0 Å². The Morgan fingerprint density at radius 1 is 1.50 bits per heavy atom. The first-order valence-corrected chi connectivity index (χ1v) is 7.01. The van der Waals surface area contributed by atoms with Gasteiger partial charge in [-0.1, -0.05) is 0 Å². The lowest BCUT2D eigenvalue weighted by atomic mass is 10.1. The number of hydrogen-bond donors (Lipinski definition) is 1. The highest BCUT2D eigenvalue weighted by Crippen LogP contribution is 2.28. The van der Waals surface area contributed by atoms with Gasteiger partial charge in [-0.25, -0.2) is 4.79 Å². The van der Waals surface area contributed by atoms with E-state index in [-0.39, 0.29) is 5.97 Å². The van der Waals surface area contributed by atoms with Crippen molar-refractivity contribution >= 4 is 17.3 Å². The summed E-state index contributed by atoms with van der Waals surface area (Å²) in [5.74, 6) is -0.321. The fraction of sp³-hybridized carbons (Fsp3) is 0.533. The van der Waals surface area contributed by atoms with Crippen molar-refractivity contribution < 1.29 is 9.53 Å². The van der Waals surface area contributed by atoms with Gasteiger partial charge in [0.15, 0.2) is 0 Å². The zero-order valence-corrected chi connectivity index (χ0v) is 12.4. The van der Waals surface area contributed by atoms with Gasteiger partial charge >= 0.3 is 5.97 Å². The number of anilines is 2. The number of rotatable bonds is 4. The second-order valence-electron chi connectivity index (χ2n) is 5.35. The first kappa shape index (κ1) is 14.7. The molecule has 1 heterocycles. The monoisotopic (exact) mass is 277 g/mol. The van der Waals surface area contributed by atoms with E-state index in [1.54, 1.807) is 19.1 Å². The van der Waals surface area contributed by atoms with Gasteiger partial charge in [0.1, 0.15) is 0 Å². The molecule has 0 spiro atoms. The molecule has 1 aromatic carbocycles. The quantitative estimate of drug-likeness (QED) is 0.669. The number of esters is 1. The van der Waals surface area contributed by atoms with Crippen LogP contribution in [0.1, 0.15) is 23.7 Å². The summed E-state index contributed by atoms with van der Waals surface area (Å²) in [5, 5.41) is 0. The summed E-state index contributed by atoms with van der Waals surface area (Å²) in [4.78, 5) is 16.2. The normalized spacial score (nSPS) is 18.6. The number of nitrogens with two attached hydrogens (primary N) is 1. The summed E-state index contributed by atoms with van der Waals surface area (Å²) in [6, 6.07) is 5.96. The first-order chi connectivity index (χ1) is 9.52. The minimum atomic E-state index is -0.321. The van der Waals surface area contributed by atoms with Gasteiger partial charge in [-0.3, -0.25) is 0 Å². The van der Waals surface area contributed by atoms with Gasteiger partial charge in [-0.2, -0.15) is 0 Å². The zero-order valence-electron chi connectivity index (χ0n) is 12.4. The van der Waals surface area contributed by atoms with E-state index < -0.39 is 0 Å². The zero-order chi connectivity index (χ0) is 14.7. The Morgan fingerprint density at radius 3 is 2.80 bits per heavy atom. The summed E-state index contributed by atoms with van der Waals surface area (Å²) >= 11 is 0. The van der Waals surface area contributed by atoms with Crippen molar-refractivity contribution in [1.29, 1.82) is 0 Å². The van der Waals surface area contributed by atoms with Gasteiger partial charge in [-0.05, 0) is 45.6 Å². The van der Waals surface area contributed by atoms with E-state index in [1.165, 1.54) is 0 Å². The molecule has 2 rings (SSSR count). The molecule has 0 aliphatic carbocycles. The molecule has 5 nitrogen and oxygen atoms in total. The number of nitrogens with zero attached hydrogens (tertiary/aromatic N) is 2. The van der Waals surface area contributed by atoms with E-state index in [1.807, 2.05) is 6.07 Å². The highest BCUT2D eigenvalue weighted by Gasteiger charge is 2.25. The molecule has 0 saturated carbocycles. The maximum Gasteiger partial charge on any atom is 0.338 e. The SMILES string of the molecule is CCOC(=O)c1ccc(N2CCC(N(C)C)C2)c(N)c1. The van der Waals surface area contributed by atoms with E-state index in [0.29, 0.717) is 23.9 Å². The lowest BCUT2D eigenvalue weighted by Crippen LogP contribution is -2.31. The van der Waals surface area contributed by atoms with Crippen LogP contribution in [0.4, 0.5) is 11.4 Å². The van der Waals surface area contributed by atoms with Crippen LogP contribution in [0, 0.1) is 0 Å². The second-order valence-corrected chi connectivity index (χ2v) is 5.35. The minimum Gasteiger partial charge on any atom is -0.462 e. The molecule has 0 aromatic heterocycles. The van der Waals surface area contributed by atoms with Crippen molar-refractivity contribution in [3.05, 3.63) is 23.8 Å². The van der Waals surface area contributed by atoms with Crippen molar-refractivity contribution in [2.45, 2.75) is 19.4 Å². The third-order valence-corrected chi connectivity index (χ3v) is 3.77. The van der Waals surface area contributed by atoms with Crippen molar-refractivity contribution in [2.75, 3.05) is 44.4 Å². The largest absolute Gasteiger partial charge is 0.462 e. The van der Waals surface area contributed by atoms with Gasteiger partial charge in [0, 0.05) is 19.1 Å². The van der Waals surface area contributed by atoms with Gasteiger partial charge in [0.2, 0.25) is 0 Å². The number of hydrogen-bond acceptors (Lipinski definition) is 5. The number of nitrogen functional groups attached to an aromatic ring is 1. The average molecular weight is 277 g/mol. The molecule has 0 radical (unpaired) electrons. The minimum absolute atomic E-state index is 0.321. The van der Waals surface area contributed by atoms with Gasteiger partial charge < -0.3 is 20.3 Å². The number of ether oxygens (including phenoxy) is 1. The number of carbonyl (C=O) groups is 1. The molecule has 1 fully saturated rings. The van der Waals surface area contributed by atoms with Gasteiger partial charge in [-0.15, -0.1) is 0 Å². The highest BCUT2D eigenvalue weighted by atomic mass is 16.5. The van der Waals surface area contributed by atoms with Crippen molar-refractivity contribution in [2.24, 2.45) is 0 Å². The Labute approximate surface area is 120 Å². The molecule has 1 aliphatic heterocycles. The van der Waals surface area contributed by atoms with Crippen LogP contribution in [-0.4, -0.2) is 50.7 Å². The van der Waals surface area contributed by atoms with Crippen LogP contribution in [-0.2, 0) is 4.74 Å². The fourth-order valence-electron chi connectivity index (χ4n) is 2.57. The molecule has 1 aliphatic rings. The average Bonchev–Trinajstić information content (AvgIpc) is 2.88. The molecule has 0 amide bonds. The summed E-state index contributed by atoms with van der Waals surface area (Å²) in [7, 11) is 4.20. The van der Waals surface area contributed by atoms with E-state index in [0.717, 1.165) is 25.2 Å². The van der Waals surface area contributed by atoms with Crippen molar-refractivity contribution in [3.8, 4) is 0 Å². The van der Waals surface area contributed by atoms with E-state index in [4.69, 9.17) is 10.5 Å². The van der Waals surface area contributed by atoms with Crippen LogP contribution in [0.2, 0.25) is 0 Å². The molecule has 1 saturated heterocycles. The highest BCUT2D eigenvalue weighted by molar-refractivity contribution is 5.92. The third-order valence-electron chi connectivity index (χ3n) is 3.77. The number of benzene rings is 1. The Bertz CT molecular complexity index is 488. The maximum absolute atomic E-state index is 11.7. The molecule has 5 heteroatoms. The maximum atomic E-state index is 11.7. The summed E-state index contributed by atoms with van der Waals surface area (Å²) in [6.45, 7) is 4.13. The van der Waals surface area contributed by atoms with E-state index >= 15 is 0 Å². The molecule has 2 N–H and O–H groups in total. The molecule has 1 atom stereocenters. The second kappa shape index (κ2) is 6.13. The Balaban J connectivity index is 2.13. The van der Waals surface area contributed by atoms with Crippen LogP contribution in [0.25, 0.3) is 0 Å². The number of likely N-dealkylation sites (N-methyl/N-ethyl adjacent to an activating group) is 1. The van der Waals surface area contributed by atoms with E-state index in [2.05, 4.69) is 23.9 Å². The predicted molar refractivity (Wildman–Crippen MR) is 81.1 cm³/mol. The van der Waals surface area contributed by atoms with Crippen LogP contribution < -0.4 is 10.6 Å². The fourth-order valence-corrected chi connectivity index (χ4v) is 2.57. The first-order valence-electron chi connectivity index (χ1n) is 7.01. The van der Waals surface area contributed by atoms with Crippen molar-refractivity contribution in [1.82, 2.24) is 4.90 Å². The van der Waals surface area contributed by atoms with Gasteiger partial charge in [0.05, 0.1) is 23.5 Å². The van der Waals surface area contributed by atoms with Crippen LogP contribution >= 0.6 is 0 Å². The van der Waals surface area contributed by atoms with E-state index in [9.17, 15) is 4.79 Å². The van der Waals surface area contributed by atoms with Crippen molar-refractivity contribution in [3.63, 3.8) is 0 Å². The molecule has 1 aromatic rings. The van der Waals surface area contributed by atoms with Crippen LogP contribution in [0.15, 0.2) is 18.2 Å². The Hall–Kier alpha value is -1.75. The van der Waals surface area contributed by atoms with Crippen LogP contribution in [0.5, 0.6) is 0 Å². The molecule has 20 heavy (non-hydrogen) atoms. The molecule has 0 bridgehead atoms. The predicted octanol–water partition coefficient (Wildman–Crippen LogP) is 1.59. The number of carbonyl (C=O) groups excluding carboxylic acids is 1. The molecular weight excluding hydrogens is 254 g/mol. The lowest BCUT2D eigenvalue weighted by molar-refractivity contribution is 0.0526. The third kappa shape index (κ3) is 3.04. The topological polar surface area (TPSA) is 58.8 Å². The Kier molecular flexibility index (Phi) is 4.49. The smallest absolute Gasteiger partial charge is 0.338 e. The summed E-state index contributed by atoms with van der Waals surface area (Å²) in [5.41, 5.74) is 8.24. The molecule has 1 unspecified atom stereocenters. The molecule has 110 valence electrons. The van der Waals surface area contributed by atoms with Crippen LogP contribution in [0.3, 0.4) is 0 Å². The lowest BCUT2D eigenvalue weighted by Gasteiger charge is -2.23. The summed E-state index contributed by atoms with van der Waals surface area (Å²) in [6.07, 6.45) is 1.13. The summed E-state index contributed by atoms with van der Waals surface area (Å²) < 4.78 is 4.98. The standard InChI is InChI=1S/C15H23N3O2/c1-4-20-15(19)11-5-6-14(13(16)9-11)18-8-7-12(10-18)17(2)3/h5-6,9,12H,4,7-8,10,16H2,1-3H3.